The predicted octanol–water partition coefficient (Wildman–Crippen LogP) is 2.79. The molecule has 3 N–H and O–H groups in total. The third-order valence-electron chi connectivity index (χ3n) is 6.36. The smallest absolute Gasteiger partial charge is 0.254 e. The van der Waals surface area contributed by atoms with Gasteiger partial charge in [0.2, 0.25) is 11.9 Å². The van der Waals surface area contributed by atoms with Crippen LogP contribution in [0, 0.1) is 0 Å². The zero-order chi connectivity index (χ0) is 21.9. The second-order valence-corrected chi connectivity index (χ2v) is 8.72. The third kappa shape index (κ3) is 4.52. The van der Waals surface area contributed by atoms with Gasteiger partial charge in [-0.1, -0.05) is 12.8 Å². The van der Waals surface area contributed by atoms with E-state index in [9.17, 15) is 0 Å². The molecule has 1 saturated heterocycles. The van der Waals surface area contributed by atoms with Crippen molar-refractivity contribution in [1.29, 1.82) is 0 Å². The van der Waals surface area contributed by atoms with Crippen molar-refractivity contribution < 1.29 is 0 Å². The highest BCUT2D eigenvalue weighted by molar-refractivity contribution is 5.60. The van der Waals surface area contributed by atoms with Crippen LogP contribution in [0.25, 0.3) is 5.95 Å². The predicted molar refractivity (Wildman–Crippen MR) is 127 cm³/mol. The molecule has 1 aromatic carbocycles. The number of benzene rings is 1. The van der Waals surface area contributed by atoms with Crippen LogP contribution in [0.4, 0.5) is 23.3 Å². The molecule has 0 atom stereocenters. The minimum absolute atomic E-state index is 0.271. The number of nitrogen functional groups attached to an aromatic ring is 1. The van der Waals surface area contributed by atoms with E-state index in [1.807, 2.05) is 18.3 Å². The third-order valence-corrected chi connectivity index (χ3v) is 6.36. The summed E-state index contributed by atoms with van der Waals surface area (Å²) in [6, 6.07) is 8.36. The van der Waals surface area contributed by atoms with E-state index in [0.29, 0.717) is 11.9 Å². The molecule has 3 aromatic rings. The number of likely N-dealkylation sites (N-methyl/N-ethyl adjacent to an activating group) is 1. The second kappa shape index (κ2) is 9.12. The van der Waals surface area contributed by atoms with Crippen LogP contribution in [0.5, 0.6) is 0 Å². The number of aromatic nitrogens is 5. The van der Waals surface area contributed by atoms with Crippen LogP contribution in [0.15, 0.2) is 30.5 Å². The van der Waals surface area contributed by atoms with E-state index in [2.05, 4.69) is 49.4 Å². The van der Waals surface area contributed by atoms with Crippen molar-refractivity contribution >= 4 is 23.3 Å². The van der Waals surface area contributed by atoms with Gasteiger partial charge in [-0.3, -0.25) is 0 Å². The zero-order valence-corrected chi connectivity index (χ0v) is 18.7. The first kappa shape index (κ1) is 20.7. The van der Waals surface area contributed by atoms with Crippen molar-refractivity contribution in [3.05, 3.63) is 41.7 Å². The van der Waals surface area contributed by atoms with Gasteiger partial charge in [-0.15, -0.1) is 5.10 Å². The summed E-state index contributed by atoms with van der Waals surface area (Å²) in [4.78, 5) is 18.4. The molecule has 0 bridgehead atoms. The maximum Gasteiger partial charge on any atom is 0.254 e. The minimum Gasteiger partial charge on any atom is -0.369 e. The normalized spacial score (nSPS) is 17.5. The fourth-order valence-electron chi connectivity index (χ4n) is 4.39. The Kier molecular flexibility index (Phi) is 5.89. The van der Waals surface area contributed by atoms with Crippen LogP contribution in [-0.4, -0.2) is 62.9 Å². The summed E-state index contributed by atoms with van der Waals surface area (Å²) >= 11 is 0. The van der Waals surface area contributed by atoms with Gasteiger partial charge in [0.1, 0.15) is 0 Å². The van der Waals surface area contributed by atoms with Gasteiger partial charge < -0.3 is 20.9 Å². The van der Waals surface area contributed by atoms with Gasteiger partial charge in [-0.25, -0.2) is 9.97 Å². The summed E-state index contributed by atoms with van der Waals surface area (Å²) in [5, 5.41) is 7.76. The first-order valence-corrected chi connectivity index (χ1v) is 11.5. The SMILES string of the molecule is CN1CCN(c2ccc(Nc3nc(N)n(-c4ncc5c(n4)CCCCCC5)n3)cc2)CC1. The van der Waals surface area contributed by atoms with Crippen molar-refractivity contribution in [1.82, 2.24) is 29.6 Å². The van der Waals surface area contributed by atoms with Crippen LogP contribution >= 0.6 is 0 Å². The number of rotatable bonds is 4. The molecule has 2 aliphatic rings. The second-order valence-electron chi connectivity index (χ2n) is 8.72. The molecule has 168 valence electrons. The highest BCUT2D eigenvalue weighted by Gasteiger charge is 2.16. The van der Waals surface area contributed by atoms with E-state index in [1.165, 1.54) is 35.2 Å². The molecule has 9 heteroatoms. The summed E-state index contributed by atoms with van der Waals surface area (Å²) in [6.45, 7) is 4.27. The number of nitrogens with one attached hydrogen (secondary N) is 1. The van der Waals surface area contributed by atoms with Crippen molar-refractivity contribution in [3.63, 3.8) is 0 Å². The lowest BCUT2D eigenvalue weighted by Crippen LogP contribution is -2.44. The van der Waals surface area contributed by atoms with Crippen LogP contribution in [0.2, 0.25) is 0 Å². The standard InChI is InChI=1S/C23H31N9/c1-30-12-14-31(15-13-30)19-10-8-18(9-11-19)26-22-28-21(24)32(29-22)23-25-16-17-6-4-2-3-5-7-20(17)27-23/h8-11,16H,2-7,12-15H2,1H3,(H3,24,26,28,29). The number of nitrogens with two attached hydrogens (primary N) is 1. The summed E-state index contributed by atoms with van der Waals surface area (Å²) in [5.74, 6) is 1.19. The lowest BCUT2D eigenvalue weighted by Gasteiger charge is -2.34. The summed E-state index contributed by atoms with van der Waals surface area (Å²) < 4.78 is 1.51. The molecule has 0 saturated carbocycles. The Balaban J connectivity index is 1.30. The fourth-order valence-corrected chi connectivity index (χ4v) is 4.39. The van der Waals surface area contributed by atoms with E-state index < -0.39 is 0 Å². The molecule has 32 heavy (non-hydrogen) atoms. The van der Waals surface area contributed by atoms with Gasteiger partial charge in [0.15, 0.2) is 0 Å². The first-order chi connectivity index (χ1) is 15.7. The zero-order valence-electron chi connectivity index (χ0n) is 18.7. The Hall–Kier alpha value is -3.20. The number of anilines is 4. The first-order valence-electron chi connectivity index (χ1n) is 11.5. The molecule has 2 aromatic heterocycles. The van der Waals surface area contributed by atoms with Crippen LogP contribution in [-0.2, 0) is 12.8 Å². The molecule has 9 nitrogen and oxygen atoms in total. The average Bonchev–Trinajstić information content (AvgIpc) is 3.15. The Labute approximate surface area is 188 Å². The summed E-state index contributed by atoms with van der Waals surface area (Å²) in [6.07, 6.45) is 8.84. The van der Waals surface area contributed by atoms with Crippen molar-refractivity contribution in [2.24, 2.45) is 0 Å². The Morgan fingerprint density at radius 2 is 1.66 bits per heavy atom. The lowest BCUT2D eigenvalue weighted by molar-refractivity contribution is 0.313. The number of hydrogen-bond acceptors (Lipinski definition) is 8. The monoisotopic (exact) mass is 433 g/mol. The number of aryl methyl sites for hydroxylation is 2. The molecule has 0 radical (unpaired) electrons. The van der Waals surface area contributed by atoms with E-state index in [1.54, 1.807) is 0 Å². The minimum atomic E-state index is 0.271. The van der Waals surface area contributed by atoms with Gasteiger partial charge in [0, 0.05) is 49.4 Å². The molecule has 5 rings (SSSR count). The van der Waals surface area contributed by atoms with Gasteiger partial charge in [0.05, 0.1) is 0 Å². The molecule has 0 unspecified atom stereocenters. The quantitative estimate of drug-likeness (QED) is 0.648. The average molecular weight is 434 g/mol. The van der Waals surface area contributed by atoms with Gasteiger partial charge in [-0.2, -0.15) is 9.67 Å². The van der Waals surface area contributed by atoms with E-state index >= 15 is 0 Å². The van der Waals surface area contributed by atoms with E-state index in [0.717, 1.165) is 56.8 Å². The summed E-state index contributed by atoms with van der Waals surface area (Å²) in [7, 11) is 2.17. The molecule has 1 aliphatic heterocycles. The molecular formula is C23H31N9. The Morgan fingerprint density at radius 3 is 2.44 bits per heavy atom. The van der Waals surface area contributed by atoms with Crippen molar-refractivity contribution in [2.45, 2.75) is 38.5 Å². The Morgan fingerprint density at radius 1 is 0.906 bits per heavy atom. The largest absolute Gasteiger partial charge is 0.369 e. The molecule has 1 fully saturated rings. The maximum atomic E-state index is 6.15. The number of fused-ring (bicyclic) bond motifs is 1. The van der Waals surface area contributed by atoms with Crippen molar-refractivity contribution in [2.75, 3.05) is 49.2 Å². The van der Waals surface area contributed by atoms with Crippen LogP contribution in [0.1, 0.15) is 36.9 Å². The van der Waals surface area contributed by atoms with Crippen LogP contribution < -0.4 is 16.0 Å². The molecule has 0 amide bonds. The highest BCUT2D eigenvalue weighted by atomic mass is 15.5. The molecule has 1 aliphatic carbocycles. The highest BCUT2D eigenvalue weighted by Crippen LogP contribution is 2.23. The van der Waals surface area contributed by atoms with Gasteiger partial charge in [-0.05, 0) is 62.6 Å². The fraction of sp³-hybridized carbons (Fsp3) is 0.478. The number of piperazine rings is 1. The van der Waals surface area contributed by atoms with Crippen LogP contribution in [0.3, 0.4) is 0 Å². The van der Waals surface area contributed by atoms with Gasteiger partial charge in [0.25, 0.3) is 5.95 Å². The summed E-state index contributed by atoms with van der Waals surface area (Å²) in [5.41, 5.74) is 10.7. The molecule has 0 spiro atoms. The maximum absolute atomic E-state index is 6.15. The molecular weight excluding hydrogens is 402 g/mol. The van der Waals surface area contributed by atoms with E-state index in [4.69, 9.17) is 10.7 Å². The lowest BCUT2D eigenvalue weighted by atomic mass is 9.98. The van der Waals surface area contributed by atoms with E-state index in [-0.39, 0.29) is 5.95 Å². The van der Waals surface area contributed by atoms with Gasteiger partial charge >= 0.3 is 0 Å². The number of hydrogen-bond donors (Lipinski definition) is 2. The van der Waals surface area contributed by atoms with Crippen molar-refractivity contribution in [3.8, 4) is 5.95 Å². The molecule has 3 heterocycles. The number of nitrogens with zero attached hydrogens (tertiary/aromatic N) is 7. The topological polar surface area (TPSA) is 101 Å². The Bertz CT molecular complexity index is 1050.